The summed E-state index contributed by atoms with van der Waals surface area (Å²) in [6, 6.07) is 18.0. The van der Waals surface area contributed by atoms with E-state index in [0.717, 1.165) is 30.3 Å². The van der Waals surface area contributed by atoms with Crippen LogP contribution in [0.3, 0.4) is 0 Å². The van der Waals surface area contributed by atoms with Crippen molar-refractivity contribution >= 4 is 91.8 Å². The summed E-state index contributed by atoms with van der Waals surface area (Å²) < 4.78 is 102. The first-order chi connectivity index (χ1) is 24.6. The molecule has 0 atom stereocenters. The van der Waals surface area contributed by atoms with E-state index in [-0.39, 0.29) is 97.4 Å². The van der Waals surface area contributed by atoms with E-state index in [9.17, 15) is 38.9 Å². The van der Waals surface area contributed by atoms with Crippen LogP contribution in [-0.4, -0.2) is 86.2 Å². The first-order valence-corrected chi connectivity index (χ1v) is 19.1. The molecule has 22 heteroatoms. The monoisotopic (exact) mass is 814 g/mol. The Morgan fingerprint density at radius 1 is 0.407 bits per heavy atom. The number of fused-ring (bicyclic) bond motifs is 20. The minimum absolute atomic E-state index is 0. The van der Waals surface area contributed by atoms with Crippen LogP contribution in [0, 0.1) is 0 Å². The Labute approximate surface area is 320 Å². The van der Waals surface area contributed by atoms with Crippen molar-refractivity contribution in [2.45, 2.75) is 14.7 Å². The van der Waals surface area contributed by atoms with Gasteiger partial charge in [0.15, 0.2) is 11.6 Å². The van der Waals surface area contributed by atoms with Gasteiger partial charge in [-0.3, -0.25) is 13.7 Å². The van der Waals surface area contributed by atoms with Gasteiger partial charge in [0.05, 0.1) is 26.3 Å². The van der Waals surface area contributed by atoms with Gasteiger partial charge in [-0.1, -0.05) is 42.5 Å². The molecule has 8 bridgehead atoms. The molecule has 17 nitrogen and oxygen atoms in total. The average Bonchev–Trinajstić information content (AvgIpc) is 3.82. The smallest absolute Gasteiger partial charge is 1.00 e. The Balaban J connectivity index is 0.00000225. The molecular formula is C32H16AlClN8O9S3. The van der Waals surface area contributed by atoms with Crippen molar-refractivity contribution < 1.29 is 51.3 Å². The van der Waals surface area contributed by atoms with Crippen LogP contribution < -0.4 is 22.4 Å². The van der Waals surface area contributed by atoms with E-state index in [4.69, 9.17) is 4.98 Å². The number of benzene rings is 4. The maximum atomic E-state index is 12.1. The van der Waals surface area contributed by atoms with E-state index in [0.29, 0.717) is 22.1 Å². The third-order valence-corrected chi connectivity index (χ3v) is 11.0. The molecule has 0 spiro atoms. The fourth-order valence-electron chi connectivity index (χ4n) is 6.03. The van der Waals surface area contributed by atoms with Crippen molar-refractivity contribution in [3.05, 3.63) is 78.9 Å². The van der Waals surface area contributed by atoms with Crippen LogP contribution in [0.1, 0.15) is 0 Å². The molecule has 266 valence electrons. The van der Waals surface area contributed by atoms with E-state index in [1.807, 2.05) is 0 Å². The summed E-state index contributed by atoms with van der Waals surface area (Å²) in [6.07, 6.45) is 0. The molecule has 7 aromatic rings. The van der Waals surface area contributed by atoms with Crippen LogP contribution >= 0.6 is 0 Å². The van der Waals surface area contributed by atoms with E-state index < -0.39 is 45.0 Å². The molecule has 0 amide bonds. The zero-order chi connectivity index (χ0) is 36.3. The van der Waals surface area contributed by atoms with E-state index >= 15 is 0 Å². The fourth-order valence-corrected chi connectivity index (χ4v) is 7.55. The normalized spacial score (nSPS) is 12.5. The quantitative estimate of drug-likeness (QED) is 0.162. The number of halogens is 1. The van der Waals surface area contributed by atoms with Gasteiger partial charge in [0.1, 0.15) is 0 Å². The van der Waals surface area contributed by atoms with Gasteiger partial charge < -0.3 is 37.3 Å². The van der Waals surface area contributed by atoms with Gasteiger partial charge in [0, 0.05) is 44.8 Å². The molecule has 0 saturated heterocycles. The molecule has 2 aliphatic rings. The predicted molar refractivity (Wildman–Crippen MR) is 189 cm³/mol. The summed E-state index contributed by atoms with van der Waals surface area (Å²) in [4.78, 5) is 35.6. The molecule has 0 fully saturated rings. The Morgan fingerprint density at radius 3 is 1.20 bits per heavy atom. The Kier molecular flexibility index (Phi) is 8.73. The fraction of sp³-hybridized carbons (Fsp3) is 0. The second kappa shape index (κ2) is 12.7. The van der Waals surface area contributed by atoms with Crippen molar-refractivity contribution in [1.82, 2.24) is 39.9 Å². The number of nitrogens with zero attached hydrogens (tertiary/aromatic N) is 8. The molecule has 2 aliphatic heterocycles. The van der Waals surface area contributed by atoms with Crippen LogP contribution in [0.5, 0.6) is 0 Å². The maximum absolute atomic E-state index is 12.1. The molecule has 4 aromatic carbocycles. The van der Waals surface area contributed by atoms with Crippen LogP contribution in [0.2, 0.25) is 0 Å². The maximum Gasteiger partial charge on any atom is 3.00 e. The SMILES string of the molecule is O=S(=O)(O)c1ccc2c(c1)-c1nc3nc(nc4[n-]c(nc5[n-]c(nc-2n1)c1ccc(S(=O)(=O)O)cc51)c1cc(S(=O)(=O)O)ccc41)-c1ccccc1-3.[Al+3].[Cl-]. The zero-order valence-electron chi connectivity index (χ0n) is 26.6. The van der Waals surface area contributed by atoms with E-state index in [1.165, 1.54) is 24.3 Å². The molecule has 0 unspecified atom stereocenters. The molecule has 3 N–H and O–H groups in total. The molecule has 0 radical (unpaired) electrons. The van der Waals surface area contributed by atoms with Gasteiger partial charge >= 0.3 is 17.4 Å². The summed E-state index contributed by atoms with van der Waals surface area (Å²) in [5.41, 5.74) is 1.38. The standard InChI is InChI=1S/C32H16N8O9S3.Al.ClH/c41-50(42,43)14-5-8-19-22(11-14)30-36-26-18-4-2-1-3-17(18)25(33-26)34-27-20-9-6-15(51(44,45)46)12-23(20)31(38-27)40-32-24-13-16(52(47,48)49)7-10-21(24)29(39-32)35-28(19)37-30;;/h1-13H,(H3-2,33,34,35,36,37,38,39,40,41,42,43,44,45,46,47,48,49);;1H/q-2;+3;/p-1. The van der Waals surface area contributed by atoms with Crippen LogP contribution in [0.25, 0.3) is 89.7 Å². The summed E-state index contributed by atoms with van der Waals surface area (Å²) in [5, 5.41) is 0.807. The van der Waals surface area contributed by atoms with Crippen molar-refractivity contribution in [2.24, 2.45) is 0 Å². The Morgan fingerprint density at radius 2 is 0.759 bits per heavy atom. The van der Waals surface area contributed by atoms with E-state index in [1.54, 1.807) is 24.3 Å². The van der Waals surface area contributed by atoms with Crippen molar-refractivity contribution in [2.75, 3.05) is 0 Å². The molecular weight excluding hydrogens is 799 g/mol. The van der Waals surface area contributed by atoms with Crippen molar-refractivity contribution in [3.8, 4) is 45.6 Å². The first kappa shape index (κ1) is 37.1. The minimum atomic E-state index is -4.70. The van der Waals surface area contributed by atoms with Gasteiger partial charge in [0.2, 0.25) is 0 Å². The second-order valence-electron chi connectivity index (χ2n) is 11.6. The number of rotatable bonds is 3. The van der Waals surface area contributed by atoms with Gasteiger partial charge in [-0.05, 0) is 57.9 Å². The third kappa shape index (κ3) is 6.10. The molecule has 0 saturated carbocycles. The summed E-state index contributed by atoms with van der Waals surface area (Å²) >= 11 is 0. The predicted octanol–water partition coefficient (Wildman–Crippen LogP) is 0.491. The molecule has 3 aromatic heterocycles. The van der Waals surface area contributed by atoms with Crippen LogP contribution in [0.15, 0.2) is 93.5 Å². The van der Waals surface area contributed by atoms with Gasteiger partial charge in [0.25, 0.3) is 30.4 Å². The summed E-state index contributed by atoms with van der Waals surface area (Å²) in [6.45, 7) is 0. The van der Waals surface area contributed by atoms with Gasteiger partial charge in [-0.25, -0.2) is 15.0 Å². The van der Waals surface area contributed by atoms with Crippen LogP contribution in [-0.2, 0) is 30.4 Å². The molecule has 54 heavy (non-hydrogen) atoms. The number of hydrogen-bond acceptors (Lipinski definition) is 12. The average molecular weight is 815 g/mol. The van der Waals surface area contributed by atoms with Crippen molar-refractivity contribution in [1.29, 1.82) is 0 Å². The van der Waals surface area contributed by atoms with Crippen LogP contribution in [0.4, 0.5) is 0 Å². The number of aromatic nitrogens is 8. The Hall–Kier alpha value is -5.21. The topological polar surface area (TPSA) is 269 Å². The minimum Gasteiger partial charge on any atom is -1.00 e. The number of hydrogen-bond donors (Lipinski definition) is 3. The largest absolute Gasteiger partial charge is 3.00 e. The summed E-state index contributed by atoms with van der Waals surface area (Å²) in [7, 11) is -14.0. The summed E-state index contributed by atoms with van der Waals surface area (Å²) in [5.74, 6) is 0.316. The van der Waals surface area contributed by atoms with E-state index in [2.05, 4.69) is 34.9 Å². The zero-order valence-corrected chi connectivity index (χ0v) is 30.9. The first-order valence-electron chi connectivity index (χ1n) is 14.8. The second-order valence-corrected chi connectivity index (χ2v) is 15.8. The van der Waals surface area contributed by atoms with Gasteiger partial charge in [-0.2, -0.15) is 25.3 Å². The third-order valence-electron chi connectivity index (χ3n) is 8.42. The molecule has 0 aliphatic carbocycles. The molecule has 9 rings (SSSR count). The molecule has 5 heterocycles. The Bertz CT molecular complexity index is 3310. The van der Waals surface area contributed by atoms with Crippen molar-refractivity contribution in [3.63, 3.8) is 0 Å². The van der Waals surface area contributed by atoms with Gasteiger partial charge in [-0.15, -0.1) is 0 Å².